The van der Waals surface area contributed by atoms with Gasteiger partial charge in [-0.25, -0.2) is 0 Å². The third-order valence-electron chi connectivity index (χ3n) is 2.57. The van der Waals surface area contributed by atoms with Gasteiger partial charge < -0.3 is 10.5 Å². The molecule has 5 heteroatoms. The molecule has 102 valence electrons. The lowest BCUT2D eigenvalue weighted by Gasteiger charge is -2.08. The Bertz CT molecular complexity index is 623. The molecule has 2 rings (SSSR count). The Balaban J connectivity index is 1.81. The number of ether oxygens (including phenoxy) is 1. The van der Waals surface area contributed by atoms with Crippen LogP contribution in [0, 0.1) is 11.3 Å². The highest BCUT2D eigenvalue weighted by atomic mass is 35.5. The summed E-state index contributed by atoms with van der Waals surface area (Å²) in [4.78, 5) is 0.959. The van der Waals surface area contributed by atoms with Crippen LogP contribution in [0.15, 0.2) is 47.4 Å². The van der Waals surface area contributed by atoms with Gasteiger partial charge in [0.05, 0.1) is 18.2 Å². The molecule has 0 spiro atoms. The maximum absolute atomic E-state index is 8.70. The van der Waals surface area contributed by atoms with Crippen LogP contribution in [-0.2, 0) is 0 Å². The van der Waals surface area contributed by atoms with Crippen molar-refractivity contribution in [1.82, 2.24) is 0 Å². The first-order valence-electron chi connectivity index (χ1n) is 6.00. The summed E-state index contributed by atoms with van der Waals surface area (Å²) in [6, 6.07) is 14.5. The van der Waals surface area contributed by atoms with Gasteiger partial charge in [-0.2, -0.15) is 5.26 Å². The van der Waals surface area contributed by atoms with Gasteiger partial charge in [0.15, 0.2) is 0 Å². The number of hydrogen-bond donors (Lipinski definition) is 1. The van der Waals surface area contributed by atoms with E-state index in [0.29, 0.717) is 17.2 Å². The summed E-state index contributed by atoms with van der Waals surface area (Å²) >= 11 is 7.53. The second-order valence-electron chi connectivity index (χ2n) is 4.02. The van der Waals surface area contributed by atoms with Crippen molar-refractivity contribution >= 4 is 29.1 Å². The molecule has 0 unspecified atom stereocenters. The average molecular weight is 305 g/mol. The molecule has 0 radical (unpaired) electrons. The molecular weight excluding hydrogens is 292 g/mol. The third kappa shape index (κ3) is 4.09. The Morgan fingerprint density at radius 1 is 1.20 bits per heavy atom. The van der Waals surface area contributed by atoms with Crippen LogP contribution in [0.5, 0.6) is 5.75 Å². The minimum absolute atomic E-state index is 0.558. The summed E-state index contributed by atoms with van der Waals surface area (Å²) in [7, 11) is 0. The van der Waals surface area contributed by atoms with E-state index >= 15 is 0 Å². The van der Waals surface area contributed by atoms with Crippen molar-refractivity contribution in [3.8, 4) is 11.8 Å². The molecular formula is C15H13ClN2OS. The largest absolute Gasteiger partial charge is 0.493 e. The van der Waals surface area contributed by atoms with E-state index in [-0.39, 0.29) is 0 Å². The smallest absolute Gasteiger partial charge is 0.119 e. The van der Waals surface area contributed by atoms with Gasteiger partial charge in [-0.1, -0.05) is 11.6 Å². The highest BCUT2D eigenvalue weighted by Crippen LogP contribution is 2.28. The Morgan fingerprint density at radius 3 is 2.65 bits per heavy atom. The fourth-order valence-corrected chi connectivity index (χ4v) is 2.64. The Kier molecular flexibility index (Phi) is 5.16. The lowest BCUT2D eigenvalue weighted by Crippen LogP contribution is -2.00. The summed E-state index contributed by atoms with van der Waals surface area (Å²) in [6.45, 7) is 0.558. The molecule has 0 heterocycles. The number of nitrogens with zero attached hydrogens (tertiary/aromatic N) is 1. The summed E-state index contributed by atoms with van der Waals surface area (Å²) < 4.78 is 5.59. The van der Waals surface area contributed by atoms with Crippen LogP contribution in [0.3, 0.4) is 0 Å². The van der Waals surface area contributed by atoms with E-state index in [1.54, 1.807) is 48.2 Å². The standard InChI is InChI=1S/C15H13ClN2OS/c16-12-3-6-14(18)15(9-12)20-8-7-19-13-4-1-11(10-17)2-5-13/h1-6,9H,7-8,18H2. The van der Waals surface area contributed by atoms with E-state index in [2.05, 4.69) is 6.07 Å². The van der Waals surface area contributed by atoms with Crippen LogP contribution < -0.4 is 10.5 Å². The zero-order chi connectivity index (χ0) is 14.4. The van der Waals surface area contributed by atoms with Gasteiger partial charge >= 0.3 is 0 Å². The van der Waals surface area contributed by atoms with Gasteiger partial charge in [0, 0.05) is 21.4 Å². The number of anilines is 1. The molecule has 0 fully saturated rings. The lowest BCUT2D eigenvalue weighted by atomic mass is 10.2. The van der Waals surface area contributed by atoms with Crippen LogP contribution in [0.4, 0.5) is 5.69 Å². The number of nitrogens with two attached hydrogens (primary N) is 1. The highest BCUT2D eigenvalue weighted by Gasteiger charge is 2.01. The molecule has 2 aromatic rings. The van der Waals surface area contributed by atoms with E-state index in [4.69, 9.17) is 27.3 Å². The maximum atomic E-state index is 8.70. The normalized spacial score (nSPS) is 10.0. The van der Waals surface area contributed by atoms with Crippen LogP contribution in [0.2, 0.25) is 5.02 Å². The van der Waals surface area contributed by atoms with Gasteiger partial charge in [0.25, 0.3) is 0 Å². The molecule has 0 aliphatic carbocycles. The number of nitriles is 1. The molecule has 0 saturated heterocycles. The monoisotopic (exact) mass is 304 g/mol. The Labute approximate surface area is 127 Å². The third-order valence-corrected chi connectivity index (χ3v) is 3.84. The van der Waals surface area contributed by atoms with Crippen molar-refractivity contribution in [1.29, 1.82) is 5.26 Å². The molecule has 0 amide bonds. The molecule has 0 aliphatic heterocycles. The van der Waals surface area contributed by atoms with Gasteiger partial charge in [-0.05, 0) is 42.5 Å². The van der Waals surface area contributed by atoms with Crippen LogP contribution in [-0.4, -0.2) is 12.4 Å². The SMILES string of the molecule is N#Cc1ccc(OCCSc2cc(Cl)ccc2N)cc1. The maximum Gasteiger partial charge on any atom is 0.119 e. The van der Waals surface area contributed by atoms with Crippen LogP contribution >= 0.6 is 23.4 Å². The lowest BCUT2D eigenvalue weighted by molar-refractivity contribution is 0.344. The van der Waals surface area contributed by atoms with E-state index < -0.39 is 0 Å². The first kappa shape index (κ1) is 14.6. The van der Waals surface area contributed by atoms with Crippen molar-refractivity contribution in [2.24, 2.45) is 0 Å². The topological polar surface area (TPSA) is 59.0 Å². The molecule has 0 bridgehead atoms. The van der Waals surface area contributed by atoms with Gasteiger partial charge in [-0.3, -0.25) is 0 Å². The summed E-state index contributed by atoms with van der Waals surface area (Å²) in [5, 5.41) is 9.38. The molecule has 0 aliphatic rings. The minimum Gasteiger partial charge on any atom is -0.493 e. The van der Waals surface area contributed by atoms with Crippen molar-refractivity contribution in [3.63, 3.8) is 0 Å². The molecule has 20 heavy (non-hydrogen) atoms. The van der Waals surface area contributed by atoms with E-state index in [1.807, 2.05) is 6.07 Å². The predicted molar refractivity (Wildman–Crippen MR) is 83.2 cm³/mol. The van der Waals surface area contributed by atoms with Crippen molar-refractivity contribution in [2.75, 3.05) is 18.1 Å². The zero-order valence-electron chi connectivity index (χ0n) is 10.7. The average Bonchev–Trinajstić information content (AvgIpc) is 2.47. The van der Waals surface area contributed by atoms with Crippen molar-refractivity contribution in [2.45, 2.75) is 4.90 Å². The summed E-state index contributed by atoms with van der Waals surface area (Å²) in [5.74, 6) is 1.52. The molecule has 2 N–H and O–H groups in total. The molecule has 2 aromatic carbocycles. The number of thioether (sulfide) groups is 1. The first-order chi connectivity index (χ1) is 9.69. The molecule has 0 aromatic heterocycles. The van der Waals surface area contributed by atoms with E-state index in [9.17, 15) is 0 Å². The summed E-state index contributed by atoms with van der Waals surface area (Å²) in [6.07, 6.45) is 0. The second-order valence-corrected chi connectivity index (χ2v) is 5.59. The molecule has 0 saturated carbocycles. The number of hydrogen-bond acceptors (Lipinski definition) is 4. The minimum atomic E-state index is 0.558. The van der Waals surface area contributed by atoms with Crippen molar-refractivity contribution in [3.05, 3.63) is 53.1 Å². The predicted octanol–water partition coefficient (Wildman–Crippen LogP) is 3.96. The highest BCUT2D eigenvalue weighted by molar-refractivity contribution is 7.99. The molecule has 0 atom stereocenters. The van der Waals surface area contributed by atoms with Crippen LogP contribution in [0.25, 0.3) is 0 Å². The fraction of sp³-hybridized carbons (Fsp3) is 0.133. The first-order valence-corrected chi connectivity index (χ1v) is 7.36. The number of rotatable bonds is 5. The van der Waals surface area contributed by atoms with Gasteiger partial charge in [0.1, 0.15) is 5.75 Å². The van der Waals surface area contributed by atoms with Gasteiger partial charge in [0.2, 0.25) is 0 Å². The number of benzene rings is 2. The quantitative estimate of drug-likeness (QED) is 0.516. The Hall–Kier alpha value is -1.83. The Morgan fingerprint density at radius 2 is 1.95 bits per heavy atom. The van der Waals surface area contributed by atoms with E-state index in [1.165, 1.54) is 0 Å². The molecule has 3 nitrogen and oxygen atoms in total. The zero-order valence-corrected chi connectivity index (χ0v) is 12.2. The number of halogens is 1. The van der Waals surface area contributed by atoms with Crippen LogP contribution in [0.1, 0.15) is 5.56 Å². The fourth-order valence-electron chi connectivity index (χ4n) is 1.57. The van der Waals surface area contributed by atoms with E-state index in [0.717, 1.165) is 22.1 Å². The van der Waals surface area contributed by atoms with Crippen molar-refractivity contribution < 1.29 is 4.74 Å². The van der Waals surface area contributed by atoms with Gasteiger partial charge in [-0.15, -0.1) is 11.8 Å². The number of nitrogen functional groups attached to an aromatic ring is 1. The summed E-state index contributed by atoms with van der Waals surface area (Å²) in [5.41, 5.74) is 7.21. The second kappa shape index (κ2) is 7.09.